The summed E-state index contributed by atoms with van der Waals surface area (Å²) in [5, 5.41) is 0. The first-order chi connectivity index (χ1) is 9.83. The molecule has 0 aromatic heterocycles. The number of hydrogen-bond donors (Lipinski definition) is 1. The van der Waals surface area contributed by atoms with Crippen LogP contribution in [-0.2, 0) is 0 Å². The first-order valence-corrected chi connectivity index (χ1v) is 8.03. The van der Waals surface area contributed by atoms with Crippen molar-refractivity contribution >= 4 is 5.69 Å². The van der Waals surface area contributed by atoms with Crippen LogP contribution in [0.25, 0.3) is 0 Å². The zero-order valence-electron chi connectivity index (χ0n) is 12.1. The van der Waals surface area contributed by atoms with E-state index in [4.69, 9.17) is 10.5 Å². The fourth-order valence-corrected chi connectivity index (χ4v) is 4.90. The van der Waals surface area contributed by atoms with Gasteiger partial charge in [-0.25, -0.2) is 0 Å². The average Bonchev–Trinajstić information content (AvgIpc) is 3.02. The normalized spacial score (nSPS) is 35.5. The van der Waals surface area contributed by atoms with Gasteiger partial charge in [-0.1, -0.05) is 12.1 Å². The molecule has 1 aromatic rings. The van der Waals surface area contributed by atoms with Crippen LogP contribution in [0.2, 0.25) is 0 Å². The molecular formula is C17H24N2O. The fraction of sp³-hybridized carbons (Fsp3) is 0.647. The maximum Gasteiger partial charge on any atom is 0.142 e. The molecule has 2 saturated carbocycles. The predicted molar refractivity (Wildman–Crippen MR) is 81.1 cm³/mol. The Morgan fingerprint density at radius 3 is 2.95 bits per heavy atom. The summed E-state index contributed by atoms with van der Waals surface area (Å²) in [6, 6.07) is 8.51. The molecule has 2 fully saturated rings. The standard InChI is InChI=1S/C17H24N2O/c18-12-17(11-13-6-7-14(17)10-13)19-8-3-9-20-16-5-2-1-4-15(16)19/h1-2,4-5,13-14H,3,6-12,18H2. The van der Waals surface area contributed by atoms with Gasteiger partial charge in [-0.15, -0.1) is 0 Å². The van der Waals surface area contributed by atoms with E-state index in [2.05, 4.69) is 29.2 Å². The third-order valence-corrected chi connectivity index (χ3v) is 5.77. The van der Waals surface area contributed by atoms with Crippen molar-refractivity contribution < 1.29 is 4.74 Å². The van der Waals surface area contributed by atoms with Crippen molar-refractivity contribution in [3.05, 3.63) is 24.3 Å². The van der Waals surface area contributed by atoms with Crippen LogP contribution < -0.4 is 15.4 Å². The van der Waals surface area contributed by atoms with Crippen molar-refractivity contribution in [3.8, 4) is 5.75 Å². The lowest BCUT2D eigenvalue weighted by Gasteiger charge is -2.47. The quantitative estimate of drug-likeness (QED) is 0.899. The van der Waals surface area contributed by atoms with Crippen molar-refractivity contribution in [2.75, 3.05) is 24.6 Å². The topological polar surface area (TPSA) is 38.5 Å². The average molecular weight is 272 g/mol. The Labute approximate surface area is 121 Å². The maximum absolute atomic E-state index is 6.31. The van der Waals surface area contributed by atoms with E-state index >= 15 is 0 Å². The molecule has 3 heteroatoms. The lowest BCUT2D eigenvalue weighted by Crippen LogP contribution is -2.57. The molecule has 3 nitrogen and oxygen atoms in total. The first-order valence-electron chi connectivity index (χ1n) is 8.03. The van der Waals surface area contributed by atoms with Crippen molar-refractivity contribution in [1.29, 1.82) is 0 Å². The minimum atomic E-state index is 0.187. The lowest BCUT2D eigenvalue weighted by molar-refractivity contribution is 0.256. The Morgan fingerprint density at radius 1 is 1.30 bits per heavy atom. The van der Waals surface area contributed by atoms with Crippen LogP contribution >= 0.6 is 0 Å². The molecule has 3 aliphatic rings. The lowest BCUT2D eigenvalue weighted by atomic mass is 9.79. The number of nitrogens with two attached hydrogens (primary N) is 1. The molecule has 3 unspecified atom stereocenters. The largest absolute Gasteiger partial charge is 0.491 e. The van der Waals surface area contributed by atoms with Crippen LogP contribution in [0.3, 0.4) is 0 Å². The summed E-state index contributed by atoms with van der Waals surface area (Å²) in [7, 11) is 0. The van der Waals surface area contributed by atoms with Gasteiger partial charge in [0, 0.05) is 13.1 Å². The van der Waals surface area contributed by atoms with Crippen LogP contribution in [0.5, 0.6) is 5.75 Å². The minimum Gasteiger partial charge on any atom is -0.491 e. The third-order valence-electron chi connectivity index (χ3n) is 5.77. The van der Waals surface area contributed by atoms with Gasteiger partial charge in [0.2, 0.25) is 0 Å². The molecule has 3 atom stereocenters. The summed E-state index contributed by atoms with van der Waals surface area (Å²) in [5.41, 5.74) is 7.77. The fourth-order valence-electron chi connectivity index (χ4n) is 4.90. The van der Waals surface area contributed by atoms with Gasteiger partial charge in [-0.3, -0.25) is 0 Å². The summed E-state index contributed by atoms with van der Waals surface area (Å²) >= 11 is 0. The van der Waals surface area contributed by atoms with Crippen molar-refractivity contribution in [2.24, 2.45) is 17.6 Å². The monoisotopic (exact) mass is 272 g/mol. The summed E-state index contributed by atoms with van der Waals surface area (Å²) in [4.78, 5) is 2.61. The summed E-state index contributed by atoms with van der Waals surface area (Å²) in [6.45, 7) is 2.68. The van der Waals surface area contributed by atoms with Crippen LogP contribution in [0.4, 0.5) is 5.69 Å². The van der Waals surface area contributed by atoms with E-state index in [-0.39, 0.29) is 5.54 Å². The third kappa shape index (κ3) is 1.69. The van der Waals surface area contributed by atoms with Crippen molar-refractivity contribution in [3.63, 3.8) is 0 Å². The number of para-hydroxylation sites is 2. The highest BCUT2D eigenvalue weighted by Crippen LogP contribution is 2.55. The Balaban J connectivity index is 1.77. The van der Waals surface area contributed by atoms with E-state index in [1.165, 1.54) is 31.4 Å². The second-order valence-corrected chi connectivity index (χ2v) is 6.71. The van der Waals surface area contributed by atoms with E-state index in [1.807, 2.05) is 0 Å². The molecule has 1 aliphatic heterocycles. The van der Waals surface area contributed by atoms with E-state index < -0.39 is 0 Å². The van der Waals surface area contributed by atoms with Gasteiger partial charge in [0.05, 0.1) is 17.8 Å². The highest BCUT2D eigenvalue weighted by Gasteiger charge is 2.53. The van der Waals surface area contributed by atoms with Crippen LogP contribution in [-0.4, -0.2) is 25.2 Å². The highest BCUT2D eigenvalue weighted by atomic mass is 16.5. The Morgan fingerprint density at radius 2 is 2.20 bits per heavy atom. The Bertz CT molecular complexity index is 504. The Kier molecular flexibility index (Phi) is 2.92. The molecule has 108 valence electrons. The van der Waals surface area contributed by atoms with Gasteiger partial charge in [0.1, 0.15) is 5.75 Å². The van der Waals surface area contributed by atoms with Crippen molar-refractivity contribution in [2.45, 2.75) is 37.6 Å². The number of ether oxygens (including phenoxy) is 1. The molecule has 1 heterocycles. The number of benzene rings is 1. The summed E-state index contributed by atoms with van der Waals surface area (Å²) in [5.74, 6) is 2.73. The zero-order valence-corrected chi connectivity index (χ0v) is 12.1. The molecule has 2 aliphatic carbocycles. The number of hydrogen-bond acceptors (Lipinski definition) is 3. The van der Waals surface area contributed by atoms with Gasteiger partial charge < -0.3 is 15.4 Å². The van der Waals surface area contributed by atoms with Gasteiger partial charge in [0.15, 0.2) is 0 Å². The number of nitrogens with zero attached hydrogens (tertiary/aromatic N) is 1. The molecule has 0 amide bonds. The molecule has 4 rings (SSSR count). The molecule has 0 radical (unpaired) electrons. The first kappa shape index (κ1) is 12.5. The van der Waals surface area contributed by atoms with E-state index in [9.17, 15) is 0 Å². The van der Waals surface area contributed by atoms with Gasteiger partial charge in [-0.05, 0) is 56.1 Å². The predicted octanol–water partition coefficient (Wildman–Crippen LogP) is 2.79. The molecule has 2 N–H and O–H groups in total. The van der Waals surface area contributed by atoms with Crippen molar-refractivity contribution in [1.82, 2.24) is 0 Å². The maximum atomic E-state index is 6.31. The molecule has 20 heavy (non-hydrogen) atoms. The Hall–Kier alpha value is -1.22. The van der Waals surface area contributed by atoms with E-state index in [0.29, 0.717) is 0 Å². The zero-order chi connectivity index (χ0) is 13.6. The van der Waals surface area contributed by atoms with E-state index in [0.717, 1.165) is 43.7 Å². The van der Waals surface area contributed by atoms with Gasteiger partial charge >= 0.3 is 0 Å². The number of rotatable bonds is 2. The van der Waals surface area contributed by atoms with Crippen LogP contribution in [0.1, 0.15) is 32.1 Å². The number of anilines is 1. The summed E-state index contributed by atoms with van der Waals surface area (Å²) in [6.07, 6.45) is 6.53. The SMILES string of the molecule is NCC1(N2CCCOc3ccccc32)CC2CCC1C2. The van der Waals surface area contributed by atoms with Crippen LogP contribution in [0.15, 0.2) is 24.3 Å². The molecule has 0 saturated heterocycles. The molecule has 2 bridgehead atoms. The number of fused-ring (bicyclic) bond motifs is 3. The second kappa shape index (κ2) is 4.66. The van der Waals surface area contributed by atoms with Gasteiger partial charge in [0.25, 0.3) is 0 Å². The summed E-state index contributed by atoms with van der Waals surface area (Å²) < 4.78 is 5.93. The minimum absolute atomic E-state index is 0.187. The molecule has 0 spiro atoms. The highest BCUT2D eigenvalue weighted by molar-refractivity contribution is 5.61. The van der Waals surface area contributed by atoms with Gasteiger partial charge in [-0.2, -0.15) is 0 Å². The second-order valence-electron chi connectivity index (χ2n) is 6.71. The molecular weight excluding hydrogens is 248 g/mol. The van der Waals surface area contributed by atoms with E-state index in [1.54, 1.807) is 0 Å². The molecule has 1 aromatic carbocycles. The smallest absolute Gasteiger partial charge is 0.142 e. The van der Waals surface area contributed by atoms with Crippen LogP contribution in [0, 0.1) is 11.8 Å².